The van der Waals surface area contributed by atoms with Crippen LogP contribution in [0, 0.1) is 3.70 Å². The van der Waals surface area contributed by atoms with Crippen molar-refractivity contribution in [2.45, 2.75) is 32.4 Å². The van der Waals surface area contributed by atoms with Crippen molar-refractivity contribution in [2.75, 3.05) is 32.9 Å². The first kappa shape index (κ1) is 23.3. The Labute approximate surface area is 203 Å². The number of ether oxygens (including phenoxy) is 2. The number of carbonyl (C=O) groups excluding carboxylic acids is 1. The number of nitrogens with zero attached hydrogens (tertiary/aromatic N) is 4. The molecule has 0 atom stereocenters. The first-order valence-electron chi connectivity index (χ1n) is 10.9. The molecule has 9 heteroatoms. The molecule has 0 bridgehead atoms. The van der Waals surface area contributed by atoms with Crippen molar-refractivity contribution in [3.63, 3.8) is 0 Å². The molecule has 0 radical (unpaired) electrons. The fraction of sp³-hybridized carbons (Fsp3) is 0.435. The Morgan fingerprint density at radius 1 is 1.19 bits per heavy atom. The summed E-state index contributed by atoms with van der Waals surface area (Å²) in [5.74, 6) is 0.0436. The van der Waals surface area contributed by atoms with Crippen LogP contribution in [-0.2, 0) is 16.2 Å². The summed E-state index contributed by atoms with van der Waals surface area (Å²) in [4.78, 5) is 19.4. The smallest absolute Gasteiger partial charge is 0.254 e. The lowest BCUT2D eigenvalue weighted by Gasteiger charge is -2.27. The second-order valence-corrected chi connectivity index (χ2v) is 15.9. The van der Waals surface area contributed by atoms with E-state index in [1.54, 1.807) is 0 Å². The number of halogens is 1. The summed E-state index contributed by atoms with van der Waals surface area (Å²) in [6.45, 7) is 10.6. The normalized spacial score (nSPS) is 14.8. The number of pyridine rings is 1. The molecule has 1 aliphatic heterocycles. The quantitative estimate of drug-likeness (QED) is 0.241. The van der Waals surface area contributed by atoms with Gasteiger partial charge in [0.15, 0.2) is 5.65 Å². The molecule has 2 aromatic heterocycles. The highest BCUT2D eigenvalue weighted by Gasteiger charge is 2.19. The molecule has 0 aliphatic carbocycles. The van der Waals surface area contributed by atoms with Crippen molar-refractivity contribution in [1.82, 2.24) is 19.7 Å². The van der Waals surface area contributed by atoms with E-state index in [9.17, 15) is 4.79 Å². The highest BCUT2D eigenvalue weighted by Crippen LogP contribution is 2.27. The van der Waals surface area contributed by atoms with E-state index in [0.29, 0.717) is 38.6 Å². The van der Waals surface area contributed by atoms with Crippen LogP contribution in [0.1, 0.15) is 10.4 Å². The molecule has 3 aromatic rings. The van der Waals surface area contributed by atoms with Gasteiger partial charge in [0.1, 0.15) is 10.4 Å². The van der Waals surface area contributed by atoms with Gasteiger partial charge in [0, 0.05) is 45.1 Å². The van der Waals surface area contributed by atoms with Crippen molar-refractivity contribution < 1.29 is 14.3 Å². The standard InChI is InChI=1S/C23H29IN4O3Si/c1-32(2,3)12-11-31-16-28-22-20(21(24)26-28)14-19(15-25-22)17-5-4-6-18(13-17)23(29)27-7-9-30-10-8-27/h4-6,13-15H,7-12,16H2,1-3H3. The molecule has 1 amide bonds. The average molecular weight is 565 g/mol. The minimum Gasteiger partial charge on any atom is -0.378 e. The third-order valence-electron chi connectivity index (χ3n) is 5.49. The zero-order chi connectivity index (χ0) is 22.7. The Morgan fingerprint density at radius 2 is 1.97 bits per heavy atom. The molecule has 0 saturated carbocycles. The van der Waals surface area contributed by atoms with Crippen LogP contribution < -0.4 is 0 Å². The van der Waals surface area contributed by atoms with Gasteiger partial charge in [-0.15, -0.1) is 0 Å². The molecule has 0 unspecified atom stereocenters. The lowest BCUT2D eigenvalue weighted by Crippen LogP contribution is -2.40. The molecule has 32 heavy (non-hydrogen) atoms. The monoisotopic (exact) mass is 564 g/mol. The zero-order valence-corrected chi connectivity index (χ0v) is 22.0. The van der Waals surface area contributed by atoms with Gasteiger partial charge in [-0.3, -0.25) is 4.79 Å². The van der Waals surface area contributed by atoms with Crippen LogP contribution in [0.4, 0.5) is 0 Å². The van der Waals surface area contributed by atoms with Gasteiger partial charge in [0.2, 0.25) is 0 Å². The van der Waals surface area contributed by atoms with Crippen LogP contribution in [0.5, 0.6) is 0 Å². The van der Waals surface area contributed by atoms with Crippen LogP contribution in [0.3, 0.4) is 0 Å². The van der Waals surface area contributed by atoms with Gasteiger partial charge in [0.05, 0.1) is 18.6 Å². The summed E-state index contributed by atoms with van der Waals surface area (Å²) in [5.41, 5.74) is 3.43. The highest BCUT2D eigenvalue weighted by atomic mass is 127. The van der Waals surface area contributed by atoms with Crippen LogP contribution in [0.2, 0.25) is 25.7 Å². The lowest BCUT2D eigenvalue weighted by molar-refractivity contribution is 0.0303. The molecular formula is C23H29IN4O3Si. The van der Waals surface area contributed by atoms with E-state index in [4.69, 9.17) is 9.47 Å². The third-order valence-corrected chi connectivity index (χ3v) is 7.99. The molecule has 3 heterocycles. The summed E-state index contributed by atoms with van der Waals surface area (Å²) >= 11 is 2.24. The SMILES string of the molecule is C[Si](C)(C)CCOCn1nc(I)c2cc(-c3cccc(C(=O)N4CCOCC4)c3)cnc21. The Morgan fingerprint density at radius 3 is 2.72 bits per heavy atom. The van der Waals surface area contributed by atoms with Crippen LogP contribution in [0.25, 0.3) is 22.2 Å². The summed E-state index contributed by atoms with van der Waals surface area (Å²) in [6, 6.07) is 11.0. The summed E-state index contributed by atoms with van der Waals surface area (Å²) in [7, 11) is -1.12. The first-order valence-corrected chi connectivity index (χ1v) is 15.7. The molecule has 0 spiro atoms. The largest absolute Gasteiger partial charge is 0.378 e. The van der Waals surface area contributed by atoms with Gasteiger partial charge < -0.3 is 14.4 Å². The molecule has 0 N–H and O–H groups in total. The number of amides is 1. The first-order chi connectivity index (χ1) is 15.3. The van der Waals surface area contributed by atoms with E-state index in [1.165, 1.54) is 0 Å². The van der Waals surface area contributed by atoms with Crippen molar-refractivity contribution in [3.8, 4) is 11.1 Å². The van der Waals surface area contributed by atoms with Crippen molar-refractivity contribution in [2.24, 2.45) is 0 Å². The minimum atomic E-state index is -1.12. The van der Waals surface area contributed by atoms with Gasteiger partial charge in [0.25, 0.3) is 5.91 Å². The molecular weight excluding hydrogens is 535 g/mol. The van der Waals surface area contributed by atoms with Crippen LogP contribution in [0.15, 0.2) is 36.5 Å². The maximum Gasteiger partial charge on any atom is 0.254 e. The summed E-state index contributed by atoms with van der Waals surface area (Å²) in [5, 5.41) is 5.61. The summed E-state index contributed by atoms with van der Waals surface area (Å²) in [6.07, 6.45) is 1.84. The molecule has 4 rings (SSSR count). The third kappa shape index (κ3) is 5.56. The number of fused-ring (bicyclic) bond motifs is 1. The number of aromatic nitrogens is 3. The number of benzene rings is 1. The molecule has 7 nitrogen and oxygen atoms in total. The Kier molecular flexibility index (Phi) is 7.28. The molecule has 1 aromatic carbocycles. The van der Waals surface area contributed by atoms with E-state index < -0.39 is 8.07 Å². The maximum atomic E-state index is 12.9. The van der Waals surface area contributed by atoms with E-state index >= 15 is 0 Å². The number of morpholine rings is 1. The fourth-order valence-corrected chi connectivity index (χ4v) is 4.99. The number of hydrogen-bond donors (Lipinski definition) is 0. The second-order valence-electron chi connectivity index (χ2n) is 9.22. The predicted octanol–water partition coefficient (Wildman–Crippen LogP) is 4.49. The lowest BCUT2D eigenvalue weighted by atomic mass is 10.0. The van der Waals surface area contributed by atoms with Gasteiger partial charge in [-0.05, 0) is 52.4 Å². The van der Waals surface area contributed by atoms with Crippen molar-refractivity contribution in [3.05, 3.63) is 45.8 Å². The number of hydrogen-bond acceptors (Lipinski definition) is 5. The molecule has 1 fully saturated rings. The molecule has 1 aliphatic rings. The van der Waals surface area contributed by atoms with Crippen LogP contribution in [-0.4, -0.2) is 66.6 Å². The Hall–Kier alpha value is -1.82. The Balaban J connectivity index is 1.53. The topological polar surface area (TPSA) is 69.5 Å². The van der Waals surface area contributed by atoms with Gasteiger partial charge in [-0.25, -0.2) is 9.67 Å². The summed E-state index contributed by atoms with van der Waals surface area (Å²) < 4.78 is 13.9. The van der Waals surface area contributed by atoms with Gasteiger partial charge in [-0.2, -0.15) is 5.10 Å². The molecule has 1 saturated heterocycles. The Bertz CT molecular complexity index is 1110. The predicted molar refractivity (Wildman–Crippen MR) is 137 cm³/mol. The van der Waals surface area contributed by atoms with E-state index in [0.717, 1.165) is 38.5 Å². The van der Waals surface area contributed by atoms with Gasteiger partial charge >= 0.3 is 0 Å². The number of rotatable bonds is 7. The van der Waals surface area contributed by atoms with E-state index in [-0.39, 0.29) is 5.91 Å². The van der Waals surface area contributed by atoms with E-state index in [2.05, 4.69) is 58.4 Å². The van der Waals surface area contributed by atoms with Gasteiger partial charge in [-0.1, -0.05) is 31.8 Å². The molecule has 170 valence electrons. The highest BCUT2D eigenvalue weighted by molar-refractivity contribution is 14.1. The minimum absolute atomic E-state index is 0.0436. The average Bonchev–Trinajstić information content (AvgIpc) is 3.11. The second kappa shape index (κ2) is 9.98. The number of carbonyl (C=O) groups is 1. The zero-order valence-electron chi connectivity index (χ0n) is 18.8. The van der Waals surface area contributed by atoms with E-state index in [1.807, 2.05) is 40.0 Å². The fourth-order valence-electron chi connectivity index (χ4n) is 3.58. The maximum absolute atomic E-state index is 12.9. The van der Waals surface area contributed by atoms with Crippen molar-refractivity contribution in [1.29, 1.82) is 0 Å². The van der Waals surface area contributed by atoms with Crippen molar-refractivity contribution >= 4 is 47.6 Å². The van der Waals surface area contributed by atoms with Crippen LogP contribution >= 0.6 is 22.6 Å².